The molecular weight excluding hydrogens is 297 g/mol. The molecule has 2 aromatic rings. The van der Waals surface area contributed by atoms with Crippen LogP contribution in [0.15, 0.2) is 16.7 Å². The van der Waals surface area contributed by atoms with E-state index in [4.69, 9.17) is 0 Å². The summed E-state index contributed by atoms with van der Waals surface area (Å²) >= 11 is 3.13. The fourth-order valence-electron chi connectivity index (χ4n) is 1.85. The summed E-state index contributed by atoms with van der Waals surface area (Å²) < 4.78 is 39.9. The summed E-state index contributed by atoms with van der Waals surface area (Å²) in [6.45, 7) is 3.69. The lowest BCUT2D eigenvalue weighted by atomic mass is 10.2. The zero-order valence-electron chi connectivity index (χ0n) is 9.27. The van der Waals surface area contributed by atoms with Gasteiger partial charge in [-0.1, -0.05) is 6.92 Å². The van der Waals surface area contributed by atoms with Gasteiger partial charge in [-0.15, -0.1) is 0 Å². The Morgan fingerprint density at radius 2 is 2.06 bits per heavy atom. The van der Waals surface area contributed by atoms with Crippen molar-refractivity contribution in [1.82, 2.24) is 9.38 Å². The highest BCUT2D eigenvalue weighted by Gasteiger charge is 2.32. The van der Waals surface area contributed by atoms with E-state index >= 15 is 0 Å². The Hall–Kier alpha value is -1.04. The molecule has 2 nitrogen and oxygen atoms in total. The highest BCUT2D eigenvalue weighted by atomic mass is 79.9. The Kier molecular flexibility index (Phi) is 2.93. The number of alkyl halides is 3. The molecule has 2 aromatic heterocycles. The summed E-state index contributed by atoms with van der Waals surface area (Å²) in [7, 11) is 0. The van der Waals surface area contributed by atoms with Crippen LogP contribution < -0.4 is 0 Å². The number of hydrogen-bond donors (Lipinski definition) is 0. The second kappa shape index (κ2) is 4.01. The molecule has 0 aromatic carbocycles. The number of fused-ring (bicyclic) bond motifs is 1. The third kappa shape index (κ3) is 2.06. The molecule has 2 heterocycles. The van der Waals surface area contributed by atoms with E-state index in [9.17, 15) is 13.2 Å². The summed E-state index contributed by atoms with van der Waals surface area (Å²) in [5.41, 5.74) is 1.40. The third-order valence-corrected chi connectivity index (χ3v) is 3.22. The van der Waals surface area contributed by atoms with Crippen molar-refractivity contribution in [3.8, 4) is 0 Å². The predicted octanol–water partition coefficient (Wildman–Crippen LogP) is 3.99. The largest absolute Gasteiger partial charge is 0.417 e. The molecule has 0 atom stereocenters. The van der Waals surface area contributed by atoms with Gasteiger partial charge >= 0.3 is 6.18 Å². The van der Waals surface area contributed by atoms with Crippen LogP contribution in [0.25, 0.3) is 5.65 Å². The highest BCUT2D eigenvalue weighted by Crippen LogP contribution is 2.33. The van der Waals surface area contributed by atoms with Crippen molar-refractivity contribution >= 4 is 21.6 Å². The molecule has 0 saturated carbocycles. The molecular formula is C11H10BrF3N2. The molecule has 0 fully saturated rings. The smallest absolute Gasteiger partial charge is 0.302 e. The van der Waals surface area contributed by atoms with Gasteiger partial charge in [-0.25, -0.2) is 4.98 Å². The normalized spacial score (nSPS) is 12.4. The number of aromatic nitrogens is 2. The van der Waals surface area contributed by atoms with E-state index in [1.165, 1.54) is 4.40 Å². The van der Waals surface area contributed by atoms with Gasteiger partial charge in [0.05, 0.1) is 15.7 Å². The molecule has 0 bridgehead atoms. The van der Waals surface area contributed by atoms with Gasteiger partial charge in [0.25, 0.3) is 0 Å². The fraction of sp³-hybridized carbons (Fsp3) is 0.364. The molecule has 0 radical (unpaired) electrons. The summed E-state index contributed by atoms with van der Waals surface area (Å²) in [4.78, 5) is 4.26. The van der Waals surface area contributed by atoms with Gasteiger partial charge in [0.15, 0.2) is 5.65 Å². The second-order valence-electron chi connectivity index (χ2n) is 3.77. The Balaban J connectivity index is 2.79. The van der Waals surface area contributed by atoms with Crippen LogP contribution in [-0.2, 0) is 12.6 Å². The average molecular weight is 307 g/mol. The molecule has 0 aliphatic carbocycles. The topological polar surface area (TPSA) is 17.3 Å². The zero-order valence-corrected chi connectivity index (χ0v) is 10.9. The minimum absolute atomic E-state index is 0.357. The van der Waals surface area contributed by atoms with Gasteiger partial charge in [0.2, 0.25) is 0 Å². The van der Waals surface area contributed by atoms with Crippen LogP contribution in [0.4, 0.5) is 13.2 Å². The first-order valence-electron chi connectivity index (χ1n) is 5.09. The van der Waals surface area contributed by atoms with Gasteiger partial charge < -0.3 is 4.40 Å². The highest BCUT2D eigenvalue weighted by molar-refractivity contribution is 9.10. The van der Waals surface area contributed by atoms with Crippen LogP contribution in [-0.4, -0.2) is 9.38 Å². The molecule has 0 aliphatic heterocycles. The zero-order chi connectivity index (χ0) is 12.8. The molecule has 2 rings (SSSR count). The van der Waals surface area contributed by atoms with Gasteiger partial charge in [-0.05, 0) is 35.3 Å². The van der Waals surface area contributed by atoms with E-state index < -0.39 is 11.7 Å². The number of rotatable bonds is 1. The lowest BCUT2D eigenvalue weighted by Gasteiger charge is -2.09. The molecule has 0 amide bonds. The molecule has 0 spiro atoms. The number of pyridine rings is 1. The lowest BCUT2D eigenvalue weighted by Crippen LogP contribution is -2.07. The molecule has 17 heavy (non-hydrogen) atoms. The minimum atomic E-state index is -4.35. The van der Waals surface area contributed by atoms with Crippen molar-refractivity contribution < 1.29 is 13.2 Å². The maximum Gasteiger partial charge on any atom is 0.417 e. The lowest BCUT2D eigenvalue weighted by molar-refractivity contribution is -0.137. The van der Waals surface area contributed by atoms with Crippen molar-refractivity contribution in [2.24, 2.45) is 0 Å². The summed E-state index contributed by atoms with van der Waals surface area (Å²) in [6.07, 6.45) is -2.61. The van der Waals surface area contributed by atoms with Crippen molar-refractivity contribution in [1.29, 1.82) is 0 Å². The number of aryl methyl sites for hydroxylation is 2. The first-order chi connectivity index (χ1) is 7.84. The predicted molar refractivity (Wildman–Crippen MR) is 62.0 cm³/mol. The molecule has 0 N–H and O–H groups in total. The van der Waals surface area contributed by atoms with E-state index in [-0.39, 0.29) is 0 Å². The van der Waals surface area contributed by atoms with Crippen molar-refractivity contribution in [3.05, 3.63) is 33.7 Å². The second-order valence-corrected chi connectivity index (χ2v) is 4.62. The molecule has 0 aliphatic rings. The Bertz CT molecular complexity index is 572. The van der Waals surface area contributed by atoms with Crippen molar-refractivity contribution in [3.63, 3.8) is 0 Å². The molecule has 0 saturated heterocycles. The summed E-state index contributed by atoms with van der Waals surface area (Å²) in [6, 6.07) is 1.06. The standard InChI is InChI=1S/C11H10BrF3N2/c1-3-9-6(2)16-10-8(12)4-7(5-17(9)10)11(13,14)15/h4-5H,3H2,1-2H3. The van der Waals surface area contributed by atoms with E-state index in [0.717, 1.165) is 23.7 Å². The fourth-order valence-corrected chi connectivity index (χ4v) is 2.37. The van der Waals surface area contributed by atoms with Crippen LogP contribution in [0.3, 0.4) is 0 Å². The average Bonchev–Trinajstić information content (AvgIpc) is 2.53. The summed E-state index contributed by atoms with van der Waals surface area (Å²) in [5, 5.41) is 0. The van der Waals surface area contributed by atoms with E-state index in [1.807, 2.05) is 6.92 Å². The van der Waals surface area contributed by atoms with E-state index in [2.05, 4.69) is 20.9 Å². The van der Waals surface area contributed by atoms with Gasteiger partial charge in [-0.2, -0.15) is 13.2 Å². The number of hydrogen-bond acceptors (Lipinski definition) is 1. The van der Waals surface area contributed by atoms with Gasteiger partial charge in [0, 0.05) is 11.9 Å². The Morgan fingerprint density at radius 3 is 2.59 bits per heavy atom. The van der Waals surface area contributed by atoms with E-state index in [0.29, 0.717) is 16.5 Å². The van der Waals surface area contributed by atoms with Crippen molar-refractivity contribution in [2.45, 2.75) is 26.4 Å². The van der Waals surface area contributed by atoms with E-state index in [1.54, 1.807) is 6.92 Å². The first kappa shape index (κ1) is 12.4. The van der Waals surface area contributed by atoms with Crippen LogP contribution in [0.5, 0.6) is 0 Å². The minimum Gasteiger partial charge on any atom is -0.302 e. The quantitative estimate of drug-likeness (QED) is 0.779. The number of imidazole rings is 1. The molecule has 0 unspecified atom stereocenters. The summed E-state index contributed by atoms with van der Waals surface area (Å²) in [5.74, 6) is 0. The SMILES string of the molecule is CCc1c(C)nc2c(Br)cc(C(F)(F)F)cn12. The van der Waals surface area contributed by atoms with Gasteiger partial charge in [0.1, 0.15) is 0 Å². The molecule has 92 valence electrons. The monoisotopic (exact) mass is 306 g/mol. The number of halogens is 4. The first-order valence-corrected chi connectivity index (χ1v) is 5.88. The van der Waals surface area contributed by atoms with Crippen LogP contribution in [0.1, 0.15) is 23.9 Å². The van der Waals surface area contributed by atoms with Crippen LogP contribution in [0, 0.1) is 6.92 Å². The van der Waals surface area contributed by atoms with Gasteiger partial charge in [-0.3, -0.25) is 0 Å². The maximum atomic E-state index is 12.7. The number of nitrogens with zero attached hydrogens (tertiary/aromatic N) is 2. The molecule has 6 heteroatoms. The van der Waals surface area contributed by atoms with Crippen molar-refractivity contribution in [2.75, 3.05) is 0 Å². The van der Waals surface area contributed by atoms with Crippen LogP contribution in [0.2, 0.25) is 0 Å². The maximum absolute atomic E-state index is 12.7. The Labute approximate surface area is 105 Å². The third-order valence-electron chi connectivity index (χ3n) is 2.64. The van der Waals surface area contributed by atoms with Crippen LogP contribution >= 0.6 is 15.9 Å². The Morgan fingerprint density at radius 1 is 1.41 bits per heavy atom.